The number of hydrogen-bond acceptors (Lipinski definition) is 6. The van der Waals surface area contributed by atoms with E-state index in [0.29, 0.717) is 12.1 Å². The molecule has 0 aliphatic carbocycles. The molecule has 2 aromatic carbocycles. The highest BCUT2D eigenvalue weighted by molar-refractivity contribution is 6.34. The van der Waals surface area contributed by atoms with Crippen LogP contribution in [-0.2, 0) is 17.1 Å². The second kappa shape index (κ2) is 13.1. The van der Waals surface area contributed by atoms with Crippen molar-refractivity contribution in [3.63, 3.8) is 0 Å². The molecule has 0 radical (unpaired) electrons. The van der Waals surface area contributed by atoms with Crippen LogP contribution in [0.25, 0.3) is 0 Å². The summed E-state index contributed by atoms with van der Waals surface area (Å²) >= 11 is 0. The molecular weight excluding hydrogens is 667 g/mol. The van der Waals surface area contributed by atoms with Crippen LogP contribution in [-0.4, -0.2) is 44.9 Å². The minimum Gasteiger partial charge on any atom is -0.475 e. The van der Waals surface area contributed by atoms with Gasteiger partial charge in [0.2, 0.25) is 0 Å². The van der Waals surface area contributed by atoms with E-state index in [1.807, 2.05) is 0 Å². The Bertz CT molecular complexity index is 1860. The van der Waals surface area contributed by atoms with Crippen molar-refractivity contribution >= 4 is 29.5 Å². The van der Waals surface area contributed by atoms with Crippen molar-refractivity contribution in [2.75, 3.05) is 4.90 Å². The maximum absolute atomic E-state index is 13.8. The second-order valence-electron chi connectivity index (χ2n) is 9.66. The Morgan fingerprint density at radius 1 is 0.729 bits per heavy atom. The number of carbonyl (C=O) groups is 4. The van der Waals surface area contributed by atoms with E-state index in [0.717, 1.165) is 41.4 Å². The van der Waals surface area contributed by atoms with Crippen molar-refractivity contribution in [2.24, 2.45) is 0 Å². The summed E-state index contributed by atoms with van der Waals surface area (Å²) in [5.41, 5.74) is -3.33. The van der Waals surface area contributed by atoms with E-state index in [4.69, 9.17) is 9.90 Å². The lowest BCUT2D eigenvalue weighted by Gasteiger charge is -2.23. The fourth-order valence-corrected chi connectivity index (χ4v) is 4.35. The third-order valence-corrected chi connectivity index (χ3v) is 6.53. The number of carboxylic acid groups (broad SMARTS) is 1. The number of carbonyl (C=O) groups excluding carboxylic acids is 3. The van der Waals surface area contributed by atoms with Crippen LogP contribution in [0.5, 0.6) is 0 Å². The fourth-order valence-electron chi connectivity index (χ4n) is 4.35. The molecule has 1 unspecified atom stereocenters. The number of rotatable bonds is 5. The number of alkyl halides is 9. The molecule has 18 heteroatoms. The van der Waals surface area contributed by atoms with Crippen molar-refractivity contribution < 1.29 is 63.8 Å². The van der Waals surface area contributed by atoms with Gasteiger partial charge in [-0.3, -0.25) is 19.4 Å². The highest BCUT2D eigenvalue weighted by atomic mass is 19.4. The summed E-state index contributed by atoms with van der Waals surface area (Å²) in [5.74, 6) is -5.11. The predicted molar refractivity (Wildman–Crippen MR) is 146 cm³/mol. The van der Waals surface area contributed by atoms with E-state index >= 15 is 0 Å². The van der Waals surface area contributed by atoms with Crippen LogP contribution >= 0.6 is 0 Å². The van der Waals surface area contributed by atoms with E-state index in [2.05, 4.69) is 15.3 Å². The zero-order valence-corrected chi connectivity index (χ0v) is 23.5. The van der Waals surface area contributed by atoms with Crippen LogP contribution in [0.15, 0.2) is 85.2 Å². The number of anilines is 1. The van der Waals surface area contributed by atoms with Gasteiger partial charge in [-0.05, 0) is 60.2 Å². The Morgan fingerprint density at radius 2 is 1.33 bits per heavy atom. The van der Waals surface area contributed by atoms with Crippen molar-refractivity contribution in [1.29, 1.82) is 0 Å². The first-order valence-electron chi connectivity index (χ1n) is 13.0. The van der Waals surface area contributed by atoms with Gasteiger partial charge in [0, 0.05) is 18.0 Å². The van der Waals surface area contributed by atoms with Gasteiger partial charge in [0.05, 0.1) is 34.0 Å². The zero-order valence-electron chi connectivity index (χ0n) is 23.5. The first kappa shape index (κ1) is 35.1. The number of hydrogen-bond donors (Lipinski definition) is 2. The number of nitrogens with one attached hydrogen (secondary N) is 1. The molecule has 0 spiro atoms. The number of carboxylic acids is 1. The van der Waals surface area contributed by atoms with Gasteiger partial charge >= 0.3 is 24.5 Å². The fraction of sp³-hybridized carbons (Fsp3) is 0.133. The van der Waals surface area contributed by atoms with E-state index in [9.17, 15) is 53.9 Å². The molecule has 0 saturated carbocycles. The zero-order chi connectivity index (χ0) is 35.6. The smallest absolute Gasteiger partial charge is 0.475 e. The summed E-state index contributed by atoms with van der Waals surface area (Å²) in [6, 6.07) is 11.5. The lowest BCUT2D eigenvalue weighted by Crippen LogP contribution is -2.32. The largest absolute Gasteiger partial charge is 0.490 e. The Kier molecular flexibility index (Phi) is 9.59. The summed E-state index contributed by atoms with van der Waals surface area (Å²) in [6.45, 7) is 0. The number of pyridine rings is 2. The number of benzene rings is 2. The lowest BCUT2D eigenvalue weighted by molar-refractivity contribution is -0.192. The van der Waals surface area contributed by atoms with Crippen molar-refractivity contribution in [2.45, 2.75) is 24.6 Å². The molecule has 3 amide bonds. The average molecular weight is 684 g/mol. The number of nitrogens with zero attached hydrogens (tertiary/aromatic N) is 3. The van der Waals surface area contributed by atoms with Gasteiger partial charge in [0.25, 0.3) is 17.7 Å². The summed E-state index contributed by atoms with van der Waals surface area (Å²) < 4.78 is 113. The van der Waals surface area contributed by atoms with Crippen LogP contribution < -0.4 is 10.2 Å². The second-order valence-corrected chi connectivity index (χ2v) is 9.66. The van der Waals surface area contributed by atoms with E-state index < -0.39 is 65.1 Å². The van der Waals surface area contributed by atoms with E-state index in [1.165, 1.54) is 24.4 Å². The molecule has 5 rings (SSSR count). The van der Waals surface area contributed by atoms with Crippen LogP contribution in [0.4, 0.5) is 45.3 Å². The topological polar surface area (TPSA) is 130 Å². The molecule has 1 aliphatic heterocycles. The monoisotopic (exact) mass is 684 g/mol. The third kappa shape index (κ3) is 7.59. The first-order valence-corrected chi connectivity index (χ1v) is 13.0. The SMILES string of the molecule is O=C(NC(c1ccc(C(F)(F)F)cc1)c1ncccc1C(F)(F)F)c1ccc2c(c1)C(=O)N(c1ccccn1)C2=O.O=C(O)C(F)(F)F. The summed E-state index contributed by atoms with van der Waals surface area (Å²) in [5, 5.41) is 9.52. The highest BCUT2D eigenvalue weighted by Crippen LogP contribution is 2.37. The Morgan fingerprint density at radius 3 is 1.88 bits per heavy atom. The molecular formula is C30H17F9N4O5. The Hall–Kier alpha value is -5.81. The van der Waals surface area contributed by atoms with Crippen molar-refractivity contribution in [3.8, 4) is 0 Å². The molecule has 48 heavy (non-hydrogen) atoms. The summed E-state index contributed by atoms with van der Waals surface area (Å²) in [6.07, 6.45) is -12.2. The quantitative estimate of drug-likeness (QED) is 0.182. The summed E-state index contributed by atoms with van der Waals surface area (Å²) in [7, 11) is 0. The average Bonchev–Trinajstić information content (AvgIpc) is 3.27. The Labute approximate surface area is 262 Å². The molecule has 1 atom stereocenters. The van der Waals surface area contributed by atoms with Gasteiger partial charge in [-0.1, -0.05) is 18.2 Å². The molecule has 2 aromatic heterocycles. The molecule has 4 aromatic rings. The van der Waals surface area contributed by atoms with Crippen molar-refractivity contribution in [3.05, 3.63) is 124 Å². The maximum atomic E-state index is 13.8. The number of fused-ring (bicyclic) bond motifs is 1. The number of aliphatic carboxylic acids is 1. The normalized spacial score (nSPS) is 13.7. The van der Waals surface area contributed by atoms with Crippen LogP contribution in [0.2, 0.25) is 0 Å². The molecule has 9 nitrogen and oxygen atoms in total. The minimum atomic E-state index is -5.08. The van der Waals surface area contributed by atoms with Gasteiger partial charge in [-0.25, -0.2) is 14.7 Å². The van der Waals surface area contributed by atoms with Gasteiger partial charge in [-0.2, -0.15) is 39.5 Å². The molecule has 1 aliphatic rings. The Balaban J connectivity index is 0.000000671. The predicted octanol–water partition coefficient (Wildman–Crippen LogP) is 6.47. The maximum Gasteiger partial charge on any atom is 0.490 e. The molecule has 3 heterocycles. The number of amides is 3. The third-order valence-electron chi connectivity index (χ3n) is 6.53. The molecule has 2 N–H and O–H groups in total. The first-order chi connectivity index (χ1) is 22.3. The highest BCUT2D eigenvalue weighted by Gasteiger charge is 2.40. The number of aromatic nitrogens is 2. The number of imide groups is 1. The van der Waals surface area contributed by atoms with Crippen molar-refractivity contribution in [1.82, 2.24) is 15.3 Å². The van der Waals surface area contributed by atoms with Gasteiger partial charge in [0.1, 0.15) is 5.82 Å². The van der Waals surface area contributed by atoms with Crippen LogP contribution in [0, 0.1) is 0 Å². The van der Waals surface area contributed by atoms with Gasteiger partial charge in [0.15, 0.2) is 0 Å². The van der Waals surface area contributed by atoms with E-state index in [1.54, 1.807) is 12.1 Å². The lowest BCUT2D eigenvalue weighted by atomic mass is 9.97. The van der Waals surface area contributed by atoms with Gasteiger partial charge < -0.3 is 10.4 Å². The molecule has 0 fully saturated rings. The minimum absolute atomic E-state index is 0.0134. The molecule has 0 saturated heterocycles. The standard InChI is InChI=1S/C28H16F6N4O3.C2HF3O2/c29-27(30,31)17-9-6-15(7-10-17)22(23-20(28(32,33)34)4-3-13-36-23)37-24(39)16-8-11-18-19(14-16)26(41)38(25(18)40)21-5-1-2-12-35-21;3-2(4,5)1(6)7/h1-14,22H,(H,37,39);(H,6,7). The number of halogens is 9. The summed E-state index contributed by atoms with van der Waals surface area (Å²) in [4.78, 5) is 56.7. The van der Waals surface area contributed by atoms with Crippen LogP contribution in [0.1, 0.15) is 59.5 Å². The van der Waals surface area contributed by atoms with Gasteiger partial charge in [-0.15, -0.1) is 0 Å². The molecule has 0 bridgehead atoms. The van der Waals surface area contributed by atoms with Crippen LogP contribution in [0.3, 0.4) is 0 Å². The molecule has 250 valence electrons. The van der Waals surface area contributed by atoms with E-state index in [-0.39, 0.29) is 28.1 Å².